The van der Waals surface area contributed by atoms with Crippen LogP contribution < -0.4 is 10.2 Å². The van der Waals surface area contributed by atoms with E-state index in [-0.39, 0.29) is 23.0 Å². The highest BCUT2D eigenvalue weighted by atomic mass is 32.2. The molecular weight excluding hydrogens is 423 g/mol. The Morgan fingerprint density at radius 1 is 1.09 bits per heavy atom. The average Bonchev–Trinajstić information content (AvgIpc) is 3.20. The number of hydrogen-bond donors (Lipinski definition) is 1. The minimum absolute atomic E-state index is 0.0239. The summed E-state index contributed by atoms with van der Waals surface area (Å²) in [6.45, 7) is 2.16. The first-order chi connectivity index (χ1) is 15.5. The molecule has 1 saturated heterocycles. The predicted octanol–water partition coefficient (Wildman–Crippen LogP) is 6.20. The molecule has 0 unspecified atom stereocenters. The molecule has 1 atom stereocenters. The zero-order chi connectivity index (χ0) is 22.5. The summed E-state index contributed by atoms with van der Waals surface area (Å²) in [5, 5.41) is 2.72. The van der Waals surface area contributed by atoms with Gasteiger partial charge in [0, 0.05) is 16.9 Å². The van der Waals surface area contributed by atoms with Gasteiger partial charge in [0.25, 0.3) is 5.91 Å². The Morgan fingerprint density at radius 3 is 2.56 bits per heavy atom. The number of carbonyl (C=O) groups is 2. The maximum absolute atomic E-state index is 13.3. The van der Waals surface area contributed by atoms with E-state index >= 15 is 0 Å². The van der Waals surface area contributed by atoms with Gasteiger partial charge in [-0.25, -0.2) is 4.39 Å². The van der Waals surface area contributed by atoms with Gasteiger partial charge in [-0.1, -0.05) is 37.6 Å². The van der Waals surface area contributed by atoms with Gasteiger partial charge in [-0.05, 0) is 72.5 Å². The first-order valence-electron chi connectivity index (χ1n) is 10.7. The van der Waals surface area contributed by atoms with Gasteiger partial charge >= 0.3 is 0 Å². The monoisotopic (exact) mass is 448 g/mol. The van der Waals surface area contributed by atoms with Crippen molar-refractivity contribution in [1.29, 1.82) is 0 Å². The molecule has 0 aliphatic carbocycles. The van der Waals surface area contributed by atoms with Crippen molar-refractivity contribution >= 4 is 35.0 Å². The molecule has 0 radical (unpaired) electrons. The molecule has 4 nitrogen and oxygen atoms in total. The van der Waals surface area contributed by atoms with E-state index in [9.17, 15) is 14.0 Å². The fourth-order valence-electron chi connectivity index (χ4n) is 3.73. The molecule has 1 fully saturated rings. The SMILES string of the molecule is CCCCc1ccc(C(=O)Nc2cccc([C@@H]3SCC(=O)N3c3ccc(F)cc3)c2)cc1. The standard InChI is InChI=1S/C26H25FN2O2S/c1-2-3-5-18-8-10-19(11-9-18)25(31)28-22-7-4-6-20(16-22)26-29(24(30)17-32-26)23-14-12-21(27)13-15-23/h4,6-16,26H,2-3,5,17H2,1H3,(H,28,31)/t26-/m0/s1. The molecule has 0 aromatic heterocycles. The number of rotatable bonds is 7. The third-order valence-corrected chi connectivity index (χ3v) is 6.65. The van der Waals surface area contributed by atoms with Gasteiger partial charge < -0.3 is 5.32 Å². The number of nitrogens with one attached hydrogen (secondary N) is 1. The van der Waals surface area contributed by atoms with Crippen molar-refractivity contribution < 1.29 is 14.0 Å². The molecule has 1 heterocycles. The van der Waals surface area contributed by atoms with E-state index in [4.69, 9.17) is 0 Å². The molecule has 164 valence electrons. The van der Waals surface area contributed by atoms with Crippen LogP contribution in [0.2, 0.25) is 0 Å². The lowest BCUT2D eigenvalue weighted by atomic mass is 10.1. The van der Waals surface area contributed by atoms with Gasteiger partial charge in [0.15, 0.2) is 0 Å². The highest BCUT2D eigenvalue weighted by Gasteiger charge is 2.34. The number of carbonyl (C=O) groups excluding carboxylic acids is 2. The lowest BCUT2D eigenvalue weighted by molar-refractivity contribution is -0.115. The molecule has 1 aliphatic heterocycles. The van der Waals surface area contributed by atoms with Crippen molar-refractivity contribution in [3.63, 3.8) is 0 Å². The number of anilines is 2. The third kappa shape index (κ3) is 5.02. The van der Waals surface area contributed by atoms with E-state index in [2.05, 4.69) is 12.2 Å². The van der Waals surface area contributed by atoms with E-state index in [0.717, 1.165) is 24.8 Å². The number of unbranched alkanes of at least 4 members (excludes halogenated alkanes) is 1. The average molecular weight is 449 g/mol. The summed E-state index contributed by atoms with van der Waals surface area (Å²) in [7, 11) is 0. The summed E-state index contributed by atoms with van der Waals surface area (Å²) in [4.78, 5) is 26.9. The van der Waals surface area contributed by atoms with Crippen LogP contribution in [0.15, 0.2) is 72.8 Å². The molecule has 0 bridgehead atoms. The van der Waals surface area contributed by atoms with Crippen molar-refractivity contribution in [2.45, 2.75) is 31.6 Å². The van der Waals surface area contributed by atoms with Crippen molar-refractivity contribution in [1.82, 2.24) is 0 Å². The van der Waals surface area contributed by atoms with Crippen LogP contribution in [0.5, 0.6) is 0 Å². The largest absolute Gasteiger partial charge is 0.322 e. The second-order valence-corrected chi connectivity index (χ2v) is 8.85. The lowest BCUT2D eigenvalue weighted by Gasteiger charge is -2.24. The van der Waals surface area contributed by atoms with Gasteiger partial charge in [-0.15, -0.1) is 11.8 Å². The van der Waals surface area contributed by atoms with Gasteiger partial charge in [-0.3, -0.25) is 14.5 Å². The Bertz CT molecular complexity index is 1100. The molecule has 32 heavy (non-hydrogen) atoms. The Balaban J connectivity index is 1.50. The minimum atomic E-state index is -0.340. The van der Waals surface area contributed by atoms with Crippen LogP contribution in [0.4, 0.5) is 15.8 Å². The number of benzene rings is 3. The molecule has 3 aromatic rings. The quantitative estimate of drug-likeness (QED) is 0.468. The van der Waals surface area contributed by atoms with Gasteiger partial charge in [0.1, 0.15) is 11.2 Å². The Morgan fingerprint density at radius 2 is 1.84 bits per heavy atom. The van der Waals surface area contributed by atoms with Crippen molar-refractivity contribution in [2.75, 3.05) is 16.0 Å². The molecule has 1 N–H and O–H groups in total. The summed E-state index contributed by atoms with van der Waals surface area (Å²) in [6.07, 6.45) is 3.29. The number of thioether (sulfide) groups is 1. The molecule has 0 spiro atoms. The molecule has 3 aromatic carbocycles. The second-order valence-electron chi connectivity index (χ2n) is 7.78. The predicted molar refractivity (Wildman–Crippen MR) is 129 cm³/mol. The zero-order valence-corrected chi connectivity index (χ0v) is 18.7. The van der Waals surface area contributed by atoms with Crippen LogP contribution in [0.25, 0.3) is 0 Å². The van der Waals surface area contributed by atoms with Crippen molar-refractivity contribution in [2.24, 2.45) is 0 Å². The summed E-state index contributed by atoms with van der Waals surface area (Å²) >= 11 is 1.51. The molecule has 6 heteroatoms. The molecule has 2 amide bonds. The Labute approximate surface area is 191 Å². The Hall–Kier alpha value is -3.12. The molecule has 1 aliphatic rings. The van der Waals surface area contributed by atoms with E-state index in [1.165, 1.54) is 29.5 Å². The van der Waals surface area contributed by atoms with Gasteiger partial charge in [-0.2, -0.15) is 0 Å². The maximum atomic E-state index is 13.3. The molecule has 0 saturated carbocycles. The molecular formula is C26H25FN2O2S. The summed E-state index contributed by atoms with van der Waals surface area (Å²) in [5.74, 6) is -0.185. The van der Waals surface area contributed by atoms with Gasteiger partial charge in [0.05, 0.1) is 5.75 Å². The number of hydrogen-bond acceptors (Lipinski definition) is 3. The van der Waals surface area contributed by atoms with Crippen molar-refractivity contribution in [3.8, 4) is 0 Å². The number of amides is 2. The van der Waals surface area contributed by atoms with Gasteiger partial charge in [0.2, 0.25) is 5.91 Å². The van der Waals surface area contributed by atoms with E-state index in [0.29, 0.717) is 22.7 Å². The number of halogens is 1. The smallest absolute Gasteiger partial charge is 0.255 e. The summed E-state index contributed by atoms with van der Waals surface area (Å²) in [6, 6.07) is 21.2. The van der Waals surface area contributed by atoms with Crippen LogP contribution in [0, 0.1) is 5.82 Å². The van der Waals surface area contributed by atoms with E-state index < -0.39 is 0 Å². The summed E-state index contributed by atoms with van der Waals surface area (Å²) < 4.78 is 13.3. The number of nitrogens with zero attached hydrogens (tertiary/aromatic N) is 1. The number of aryl methyl sites for hydroxylation is 1. The molecule has 4 rings (SSSR count). The third-order valence-electron chi connectivity index (χ3n) is 5.44. The lowest BCUT2D eigenvalue weighted by Crippen LogP contribution is -2.27. The second kappa shape index (κ2) is 10.0. The maximum Gasteiger partial charge on any atom is 0.255 e. The van der Waals surface area contributed by atoms with Crippen LogP contribution in [-0.4, -0.2) is 17.6 Å². The fraction of sp³-hybridized carbons (Fsp3) is 0.231. The first kappa shape index (κ1) is 22.1. The van der Waals surface area contributed by atoms with Crippen LogP contribution in [-0.2, 0) is 11.2 Å². The normalized spacial score (nSPS) is 15.8. The van der Waals surface area contributed by atoms with Crippen LogP contribution in [0.1, 0.15) is 46.6 Å². The fourth-order valence-corrected chi connectivity index (χ4v) is 4.90. The Kier molecular flexibility index (Phi) is 6.90. The first-order valence-corrected chi connectivity index (χ1v) is 11.8. The zero-order valence-electron chi connectivity index (χ0n) is 17.9. The minimum Gasteiger partial charge on any atom is -0.322 e. The van der Waals surface area contributed by atoms with Crippen LogP contribution >= 0.6 is 11.8 Å². The highest BCUT2D eigenvalue weighted by Crippen LogP contribution is 2.42. The highest BCUT2D eigenvalue weighted by molar-refractivity contribution is 8.00. The van der Waals surface area contributed by atoms with E-state index in [1.54, 1.807) is 17.0 Å². The van der Waals surface area contributed by atoms with Crippen molar-refractivity contribution in [3.05, 3.63) is 95.3 Å². The topological polar surface area (TPSA) is 49.4 Å². The van der Waals surface area contributed by atoms with Crippen LogP contribution in [0.3, 0.4) is 0 Å². The summed E-state index contributed by atoms with van der Waals surface area (Å²) in [5.41, 5.74) is 4.06. The van der Waals surface area contributed by atoms with E-state index in [1.807, 2.05) is 48.5 Å².